The fourth-order valence-corrected chi connectivity index (χ4v) is 4.16. The molecule has 0 bridgehead atoms. The minimum Gasteiger partial charge on any atom is -0.472 e. The maximum atomic E-state index is 12.5. The van der Waals surface area contributed by atoms with Gasteiger partial charge in [0, 0.05) is 17.5 Å². The number of carbonyl (C=O) groups excluding carboxylic acids is 2. The lowest BCUT2D eigenvalue weighted by Crippen LogP contribution is -2.28. The molecule has 0 heterocycles. The summed E-state index contributed by atoms with van der Waals surface area (Å²) in [5.74, 6) is 2.29. The van der Waals surface area contributed by atoms with Gasteiger partial charge in [-0.2, -0.15) is 0 Å². The molecule has 3 aromatic carbocycles. The standard InChI is InChI=1S/C28H24N2O5/c1-18(27(33)29-16-6-11-26(31)32)19-12-14-20(15-13-19)30-28(34)35-17-25-23-9-4-2-7-21(23)22-8-3-5-10-24(22)25/h2-5,7-10,12-15,18,25H,16-17H2,1H3,(H,29,33)(H,30,34)(H,31,32). The molecule has 2 amide bonds. The van der Waals surface area contributed by atoms with E-state index in [4.69, 9.17) is 9.84 Å². The summed E-state index contributed by atoms with van der Waals surface area (Å²) < 4.78 is 5.56. The predicted molar refractivity (Wildman–Crippen MR) is 132 cm³/mol. The van der Waals surface area contributed by atoms with Gasteiger partial charge in [-0.1, -0.05) is 66.6 Å². The molecule has 0 saturated heterocycles. The summed E-state index contributed by atoms with van der Waals surface area (Å²) >= 11 is 0. The van der Waals surface area contributed by atoms with E-state index in [0.717, 1.165) is 16.7 Å². The molecule has 3 N–H and O–H groups in total. The van der Waals surface area contributed by atoms with Gasteiger partial charge in [0.15, 0.2) is 0 Å². The first-order valence-corrected chi connectivity index (χ1v) is 11.2. The van der Waals surface area contributed by atoms with Gasteiger partial charge in [-0.15, -0.1) is 0 Å². The molecule has 176 valence electrons. The van der Waals surface area contributed by atoms with Crippen LogP contribution in [0, 0.1) is 11.8 Å². The van der Waals surface area contributed by atoms with Crippen LogP contribution in [0.5, 0.6) is 0 Å². The first-order valence-electron chi connectivity index (χ1n) is 11.2. The van der Waals surface area contributed by atoms with Crippen molar-refractivity contribution in [1.82, 2.24) is 5.32 Å². The number of hydrogen-bond donors (Lipinski definition) is 3. The lowest BCUT2D eigenvalue weighted by atomic mass is 9.98. The van der Waals surface area contributed by atoms with Crippen molar-refractivity contribution in [2.24, 2.45) is 0 Å². The highest BCUT2D eigenvalue weighted by molar-refractivity contribution is 5.87. The molecule has 1 aliphatic carbocycles. The first-order chi connectivity index (χ1) is 16.9. The van der Waals surface area contributed by atoms with Crippen LogP contribution in [-0.4, -0.2) is 36.2 Å². The number of hydrogen-bond acceptors (Lipinski definition) is 4. The molecule has 0 spiro atoms. The summed E-state index contributed by atoms with van der Waals surface area (Å²) in [6.45, 7) is 1.91. The fraction of sp³-hybridized carbons (Fsp3) is 0.179. The molecule has 7 nitrogen and oxygen atoms in total. The Balaban J connectivity index is 1.32. The second-order valence-corrected chi connectivity index (χ2v) is 8.12. The van der Waals surface area contributed by atoms with Gasteiger partial charge in [0.1, 0.15) is 6.61 Å². The van der Waals surface area contributed by atoms with E-state index in [9.17, 15) is 14.4 Å². The third kappa shape index (κ3) is 5.50. The molecule has 0 aromatic heterocycles. The maximum absolute atomic E-state index is 12.5. The number of carboxylic acid groups (broad SMARTS) is 1. The Morgan fingerprint density at radius 3 is 2.14 bits per heavy atom. The average molecular weight is 469 g/mol. The molecule has 0 aliphatic heterocycles. The quantitative estimate of drug-likeness (QED) is 0.467. The van der Waals surface area contributed by atoms with Gasteiger partial charge in [0.2, 0.25) is 5.91 Å². The molecule has 0 fully saturated rings. The van der Waals surface area contributed by atoms with Crippen LogP contribution in [0.4, 0.5) is 10.5 Å². The van der Waals surface area contributed by atoms with Crippen LogP contribution in [0.15, 0.2) is 72.8 Å². The van der Waals surface area contributed by atoms with Crippen molar-refractivity contribution >= 4 is 23.7 Å². The van der Waals surface area contributed by atoms with E-state index in [2.05, 4.69) is 40.8 Å². The first kappa shape index (κ1) is 23.6. The van der Waals surface area contributed by atoms with Crippen LogP contribution in [0.25, 0.3) is 11.1 Å². The van der Waals surface area contributed by atoms with E-state index in [-0.39, 0.29) is 25.0 Å². The largest absolute Gasteiger partial charge is 0.472 e. The molecule has 7 heteroatoms. The Bertz CT molecular complexity index is 1280. The Morgan fingerprint density at radius 2 is 1.54 bits per heavy atom. The van der Waals surface area contributed by atoms with Gasteiger partial charge in [0.05, 0.1) is 12.5 Å². The monoisotopic (exact) mass is 468 g/mol. The van der Waals surface area contributed by atoms with Crippen LogP contribution < -0.4 is 10.6 Å². The molecule has 0 saturated carbocycles. The third-order valence-corrected chi connectivity index (χ3v) is 5.94. The number of amides is 2. The minimum absolute atomic E-state index is 0.0184. The summed E-state index contributed by atoms with van der Waals surface area (Å²) in [5, 5.41) is 13.8. The topological polar surface area (TPSA) is 105 Å². The lowest BCUT2D eigenvalue weighted by Gasteiger charge is -2.15. The van der Waals surface area contributed by atoms with Crippen molar-refractivity contribution in [3.8, 4) is 23.0 Å². The third-order valence-electron chi connectivity index (χ3n) is 5.94. The van der Waals surface area contributed by atoms with E-state index in [1.165, 1.54) is 11.1 Å². The van der Waals surface area contributed by atoms with Gasteiger partial charge in [-0.05, 0) is 46.9 Å². The number of fused-ring (bicyclic) bond motifs is 3. The molecule has 4 rings (SSSR count). The normalized spacial score (nSPS) is 12.4. The molecule has 1 aliphatic rings. The number of carbonyl (C=O) groups is 3. The second kappa shape index (κ2) is 10.6. The van der Waals surface area contributed by atoms with Crippen molar-refractivity contribution in [3.05, 3.63) is 89.5 Å². The fourth-order valence-electron chi connectivity index (χ4n) is 4.16. The van der Waals surface area contributed by atoms with Gasteiger partial charge in [-0.3, -0.25) is 10.1 Å². The zero-order valence-electron chi connectivity index (χ0n) is 19.1. The Labute approximate surface area is 203 Å². The summed E-state index contributed by atoms with van der Waals surface area (Å²) in [6, 6.07) is 23.2. The van der Waals surface area contributed by atoms with Crippen LogP contribution >= 0.6 is 0 Å². The van der Waals surface area contributed by atoms with E-state index < -0.39 is 18.0 Å². The Hall–Kier alpha value is -4.57. The summed E-state index contributed by atoms with van der Waals surface area (Å²) in [7, 11) is 0. The van der Waals surface area contributed by atoms with E-state index in [1.807, 2.05) is 30.2 Å². The molecule has 1 unspecified atom stereocenters. The lowest BCUT2D eigenvalue weighted by molar-refractivity contribution is -0.130. The Kier molecular flexibility index (Phi) is 7.12. The van der Waals surface area contributed by atoms with Crippen LogP contribution in [0.2, 0.25) is 0 Å². The molecule has 35 heavy (non-hydrogen) atoms. The number of carboxylic acids is 1. The molecular weight excluding hydrogens is 444 g/mol. The van der Waals surface area contributed by atoms with Crippen LogP contribution in [-0.2, 0) is 14.3 Å². The smallest absolute Gasteiger partial charge is 0.411 e. The van der Waals surface area contributed by atoms with Crippen molar-refractivity contribution in [1.29, 1.82) is 0 Å². The highest BCUT2D eigenvalue weighted by Crippen LogP contribution is 2.44. The number of aliphatic carboxylic acids is 1. The summed E-state index contributed by atoms with van der Waals surface area (Å²) in [6.07, 6.45) is -0.553. The molecule has 1 atom stereocenters. The van der Waals surface area contributed by atoms with E-state index in [1.54, 1.807) is 31.2 Å². The highest BCUT2D eigenvalue weighted by Gasteiger charge is 2.29. The second-order valence-electron chi connectivity index (χ2n) is 8.12. The Morgan fingerprint density at radius 1 is 0.943 bits per heavy atom. The van der Waals surface area contributed by atoms with Crippen molar-refractivity contribution in [2.45, 2.75) is 18.8 Å². The van der Waals surface area contributed by atoms with Crippen molar-refractivity contribution in [3.63, 3.8) is 0 Å². The van der Waals surface area contributed by atoms with Gasteiger partial charge in [0.25, 0.3) is 0 Å². The highest BCUT2D eigenvalue weighted by atomic mass is 16.5. The van der Waals surface area contributed by atoms with Crippen molar-refractivity contribution < 1.29 is 24.2 Å². The van der Waals surface area contributed by atoms with Crippen molar-refractivity contribution in [2.75, 3.05) is 18.5 Å². The van der Waals surface area contributed by atoms with Gasteiger partial charge >= 0.3 is 12.1 Å². The predicted octanol–water partition coefficient (Wildman–Crippen LogP) is 4.36. The average Bonchev–Trinajstić information content (AvgIpc) is 3.19. The molecule has 0 radical (unpaired) electrons. The van der Waals surface area contributed by atoms with Gasteiger partial charge < -0.3 is 15.2 Å². The number of rotatable bonds is 6. The zero-order valence-corrected chi connectivity index (χ0v) is 19.1. The number of nitrogens with one attached hydrogen (secondary N) is 2. The molecular formula is C28H24N2O5. The van der Waals surface area contributed by atoms with Crippen LogP contribution in [0.1, 0.15) is 35.4 Å². The SMILES string of the molecule is CC(C(=O)NCC#CC(=O)O)c1ccc(NC(=O)OCC2c3ccccc3-c3ccccc32)cc1. The number of anilines is 1. The number of ether oxygens (including phenoxy) is 1. The molecule has 3 aromatic rings. The van der Waals surface area contributed by atoms with E-state index in [0.29, 0.717) is 5.69 Å². The number of benzene rings is 3. The zero-order chi connectivity index (χ0) is 24.8. The summed E-state index contributed by atoms with van der Waals surface area (Å²) in [5.41, 5.74) is 5.91. The van der Waals surface area contributed by atoms with E-state index >= 15 is 0 Å². The minimum atomic E-state index is -1.24. The van der Waals surface area contributed by atoms with Gasteiger partial charge in [-0.25, -0.2) is 9.59 Å². The maximum Gasteiger partial charge on any atom is 0.411 e. The van der Waals surface area contributed by atoms with Crippen LogP contribution in [0.3, 0.4) is 0 Å². The summed E-state index contributed by atoms with van der Waals surface area (Å²) in [4.78, 5) is 35.1.